The summed E-state index contributed by atoms with van der Waals surface area (Å²) in [5.41, 5.74) is 0. The van der Waals surface area contributed by atoms with Crippen LogP contribution in [0.25, 0.3) is 0 Å². The van der Waals surface area contributed by atoms with E-state index in [0.717, 1.165) is 18.6 Å². The molecule has 0 aromatic heterocycles. The van der Waals surface area contributed by atoms with Gasteiger partial charge in [0.1, 0.15) is 0 Å². The van der Waals surface area contributed by atoms with Crippen LogP contribution in [0.15, 0.2) is 0 Å². The summed E-state index contributed by atoms with van der Waals surface area (Å²) in [6.07, 6.45) is 11.5. The lowest BCUT2D eigenvalue weighted by Crippen LogP contribution is -2.26. The van der Waals surface area contributed by atoms with Gasteiger partial charge in [-0.25, -0.2) is 0 Å². The van der Waals surface area contributed by atoms with E-state index in [0.29, 0.717) is 6.10 Å². The predicted molar refractivity (Wildman–Crippen MR) is 63.0 cm³/mol. The van der Waals surface area contributed by atoms with Gasteiger partial charge in [0.25, 0.3) is 0 Å². The van der Waals surface area contributed by atoms with Gasteiger partial charge >= 0.3 is 0 Å². The Morgan fingerprint density at radius 1 is 1.33 bits per heavy atom. The van der Waals surface area contributed by atoms with Crippen LogP contribution in [0.2, 0.25) is 0 Å². The Hall–Kier alpha value is -0.0800. The van der Waals surface area contributed by atoms with Crippen molar-refractivity contribution in [3.63, 3.8) is 0 Å². The Morgan fingerprint density at radius 2 is 2.20 bits per heavy atom. The van der Waals surface area contributed by atoms with E-state index < -0.39 is 0 Å². The van der Waals surface area contributed by atoms with Crippen LogP contribution in [0.1, 0.15) is 51.4 Å². The molecule has 15 heavy (non-hydrogen) atoms. The smallest absolute Gasteiger partial charge is 0.0576 e. The van der Waals surface area contributed by atoms with Crippen molar-refractivity contribution in [3.05, 3.63) is 0 Å². The average Bonchev–Trinajstić information content (AvgIpc) is 2.91. The molecule has 1 saturated heterocycles. The van der Waals surface area contributed by atoms with E-state index in [4.69, 9.17) is 4.74 Å². The van der Waals surface area contributed by atoms with Crippen molar-refractivity contribution in [1.82, 2.24) is 5.32 Å². The van der Waals surface area contributed by atoms with Gasteiger partial charge in [0.15, 0.2) is 0 Å². The van der Waals surface area contributed by atoms with E-state index in [1.807, 2.05) is 0 Å². The molecule has 0 aromatic rings. The van der Waals surface area contributed by atoms with Crippen molar-refractivity contribution in [3.8, 4) is 0 Å². The summed E-state index contributed by atoms with van der Waals surface area (Å²) in [7, 11) is 2.11. The number of hydrogen-bond donors (Lipinski definition) is 1. The molecule has 0 radical (unpaired) electrons. The minimum atomic E-state index is 0.587. The van der Waals surface area contributed by atoms with Gasteiger partial charge in [-0.1, -0.05) is 12.8 Å². The quantitative estimate of drug-likeness (QED) is 0.699. The highest BCUT2D eigenvalue weighted by molar-refractivity contribution is 4.79. The van der Waals surface area contributed by atoms with Gasteiger partial charge < -0.3 is 10.1 Å². The highest BCUT2D eigenvalue weighted by atomic mass is 16.5. The molecule has 2 rings (SSSR count). The van der Waals surface area contributed by atoms with Crippen LogP contribution in [0.5, 0.6) is 0 Å². The van der Waals surface area contributed by atoms with Crippen molar-refractivity contribution in [2.75, 3.05) is 13.7 Å². The lowest BCUT2D eigenvalue weighted by molar-refractivity contribution is 0.101. The molecule has 2 heteroatoms. The molecule has 2 nitrogen and oxygen atoms in total. The van der Waals surface area contributed by atoms with Crippen molar-refractivity contribution in [2.45, 2.75) is 63.5 Å². The highest BCUT2D eigenvalue weighted by Gasteiger charge is 2.24. The first kappa shape index (κ1) is 11.4. The first-order valence-electron chi connectivity index (χ1n) is 6.67. The summed E-state index contributed by atoms with van der Waals surface area (Å²) in [5, 5.41) is 3.46. The van der Waals surface area contributed by atoms with Crippen molar-refractivity contribution in [1.29, 1.82) is 0 Å². The summed E-state index contributed by atoms with van der Waals surface area (Å²) in [4.78, 5) is 0. The van der Waals surface area contributed by atoms with Gasteiger partial charge in [-0.2, -0.15) is 0 Å². The first-order chi connectivity index (χ1) is 7.38. The van der Waals surface area contributed by atoms with Crippen molar-refractivity contribution in [2.24, 2.45) is 5.92 Å². The molecule has 2 atom stereocenters. The molecule has 88 valence electrons. The fourth-order valence-electron chi connectivity index (χ4n) is 2.60. The monoisotopic (exact) mass is 211 g/mol. The van der Waals surface area contributed by atoms with Gasteiger partial charge in [-0.3, -0.25) is 0 Å². The molecule has 1 N–H and O–H groups in total. The molecule has 1 heterocycles. The third-order valence-electron chi connectivity index (χ3n) is 3.83. The van der Waals surface area contributed by atoms with Gasteiger partial charge in [-0.15, -0.1) is 0 Å². The van der Waals surface area contributed by atoms with E-state index >= 15 is 0 Å². The zero-order valence-corrected chi connectivity index (χ0v) is 10.0. The van der Waals surface area contributed by atoms with Crippen molar-refractivity contribution >= 4 is 0 Å². The molecule has 1 saturated carbocycles. The van der Waals surface area contributed by atoms with Crippen LogP contribution in [0.4, 0.5) is 0 Å². The molecule has 2 aliphatic rings. The molecular weight excluding hydrogens is 186 g/mol. The van der Waals surface area contributed by atoms with E-state index in [9.17, 15) is 0 Å². The molecule has 0 spiro atoms. The van der Waals surface area contributed by atoms with E-state index in [2.05, 4.69) is 12.4 Å². The second kappa shape index (κ2) is 5.86. The molecule has 2 fully saturated rings. The Labute approximate surface area is 93.8 Å². The van der Waals surface area contributed by atoms with Crippen LogP contribution < -0.4 is 5.32 Å². The minimum absolute atomic E-state index is 0.587. The molecule has 1 aliphatic carbocycles. The summed E-state index contributed by atoms with van der Waals surface area (Å²) in [6, 6.07) is 0.763. The molecule has 0 aromatic carbocycles. The maximum absolute atomic E-state index is 5.64. The normalized spacial score (nSPS) is 28.2. The Balaban J connectivity index is 1.53. The Kier molecular flexibility index (Phi) is 4.45. The zero-order chi connectivity index (χ0) is 10.5. The van der Waals surface area contributed by atoms with E-state index in [1.54, 1.807) is 0 Å². The maximum Gasteiger partial charge on any atom is 0.0576 e. The SMILES string of the molecule is CNC(CCCC1CCCO1)CC1CC1. The minimum Gasteiger partial charge on any atom is -0.378 e. The Morgan fingerprint density at radius 3 is 2.80 bits per heavy atom. The standard InChI is InChI=1S/C13H25NO/c1-14-12(10-11-7-8-11)4-2-5-13-6-3-9-15-13/h11-14H,2-10H2,1H3. The largest absolute Gasteiger partial charge is 0.378 e. The summed E-state index contributed by atoms with van der Waals surface area (Å²) in [5.74, 6) is 1.05. The summed E-state index contributed by atoms with van der Waals surface area (Å²) in [6.45, 7) is 1.00. The lowest BCUT2D eigenvalue weighted by atomic mass is 10.0. The number of rotatable bonds is 7. The third kappa shape index (κ3) is 4.12. The summed E-state index contributed by atoms with van der Waals surface area (Å²) < 4.78 is 5.64. The van der Waals surface area contributed by atoms with Crippen LogP contribution in [0.3, 0.4) is 0 Å². The van der Waals surface area contributed by atoms with Crippen molar-refractivity contribution < 1.29 is 4.74 Å². The summed E-state index contributed by atoms with van der Waals surface area (Å²) >= 11 is 0. The van der Waals surface area contributed by atoms with E-state index in [1.165, 1.54) is 51.4 Å². The highest BCUT2D eigenvalue weighted by Crippen LogP contribution is 2.34. The molecule has 0 amide bonds. The zero-order valence-electron chi connectivity index (χ0n) is 10.0. The van der Waals surface area contributed by atoms with Gasteiger partial charge in [0.2, 0.25) is 0 Å². The van der Waals surface area contributed by atoms with Crippen LogP contribution in [-0.2, 0) is 4.74 Å². The molecule has 1 aliphatic heterocycles. The number of nitrogens with one attached hydrogen (secondary N) is 1. The predicted octanol–water partition coefficient (Wildman–Crippen LogP) is 2.72. The van der Waals surface area contributed by atoms with E-state index in [-0.39, 0.29) is 0 Å². The maximum atomic E-state index is 5.64. The molecule has 2 unspecified atom stereocenters. The topological polar surface area (TPSA) is 21.3 Å². The van der Waals surface area contributed by atoms with Gasteiger partial charge in [-0.05, 0) is 51.5 Å². The van der Waals surface area contributed by atoms with Crippen LogP contribution in [-0.4, -0.2) is 25.8 Å². The van der Waals surface area contributed by atoms with Gasteiger partial charge in [0, 0.05) is 12.6 Å². The lowest BCUT2D eigenvalue weighted by Gasteiger charge is -2.16. The van der Waals surface area contributed by atoms with Crippen LogP contribution >= 0.6 is 0 Å². The third-order valence-corrected chi connectivity index (χ3v) is 3.83. The molecular formula is C13H25NO. The first-order valence-corrected chi connectivity index (χ1v) is 6.67. The Bertz CT molecular complexity index is 173. The average molecular weight is 211 g/mol. The fourth-order valence-corrected chi connectivity index (χ4v) is 2.60. The van der Waals surface area contributed by atoms with Gasteiger partial charge in [0.05, 0.1) is 6.10 Å². The number of ether oxygens (including phenoxy) is 1. The fraction of sp³-hybridized carbons (Fsp3) is 1.00. The van der Waals surface area contributed by atoms with Crippen LogP contribution in [0, 0.1) is 5.92 Å². The molecule has 0 bridgehead atoms. The second-order valence-corrected chi connectivity index (χ2v) is 5.23. The second-order valence-electron chi connectivity index (χ2n) is 5.23. The number of hydrogen-bond acceptors (Lipinski definition) is 2.